The maximum absolute atomic E-state index is 12.6. The lowest BCUT2D eigenvalue weighted by Crippen LogP contribution is -2.30. The third kappa shape index (κ3) is 7.62. The van der Waals surface area contributed by atoms with Crippen LogP contribution in [0.15, 0.2) is 47.5 Å². The van der Waals surface area contributed by atoms with Crippen molar-refractivity contribution in [1.82, 2.24) is 4.90 Å². The molecule has 0 atom stereocenters. The molecule has 0 saturated heterocycles. The summed E-state index contributed by atoms with van der Waals surface area (Å²) in [6, 6.07) is 11.4. The Morgan fingerprint density at radius 1 is 1.12 bits per heavy atom. The van der Waals surface area contributed by atoms with Crippen molar-refractivity contribution in [2.75, 3.05) is 19.8 Å². The van der Waals surface area contributed by atoms with E-state index in [1.807, 2.05) is 0 Å². The number of carbonyl (C=O) groups is 4. The number of rotatable bonds is 8. The molecule has 1 aliphatic rings. The lowest BCUT2D eigenvalue weighted by Gasteiger charge is -2.14. The van der Waals surface area contributed by atoms with Crippen molar-refractivity contribution in [1.29, 1.82) is 0 Å². The van der Waals surface area contributed by atoms with Gasteiger partial charge in [0.15, 0.2) is 18.3 Å². The van der Waals surface area contributed by atoms with Crippen LogP contribution in [0.4, 0.5) is 5.69 Å². The zero-order valence-electron chi connectivity index (χ0n) is 18.8. The molecule has 0 unspecified atom stereocenters. The lowest BCUT2D eigenvalue weighted by molar-refractivity contribution is -0.145. The van der Waals surface area contributed by atoms with Crippen LogP contribution in [-0.2, 0) is 20.9 Å². The number of Topliss-reactive ketones (excluding diaryl/α,β-unsaturated/α-hetero) is 1. The van der Waals surface area contributed by atoms with E-state index >= 15 is 0 Å². The Labute approximate surface area is 196 Å². The van der Waals surface area contributed by atoms with Crippen LogP contribution < -0.4 is 16.2 Å². The van der Waals surface area contributed by atoms with Crippen LogP contribution in [0.5, 0.6) is 5.75 Å². The van der Waals surface area contributed by atoms with E-state index < -0.39 is 11.9 Å². The maximum atomic E-state index is 12.6. The summed E-state index contributed by atoms with van der Waals surface area (Å²) >= 11 is 0. The molecule has 5 N–H and O–H groups in total. The van der Waals surface area contributed by atoms with Crippen LogP contribution >= 0.6 is 0 Å². The van der Waals surface area contributed by atoms with Gasteiger partial charge in [-0.15, -0.1) is 0 Å². The van der Waals surface area contributed by atoms with Crippen molar-refractivity contribution in [2.24, 2.45) is 16.5 Å². The van der Waals surface area contributed by atoms with Crippen LogP contribution in [0.1, 0.15) is 40.1 Å². The first kappa shape index (κ1) is 25.8. The van der Waals surface area contributed by atoms with Crippen LogP contribution in [0.3, 0.4) is 0 Å². The largest absolute Gasteiger partial charge is 0.482 e. The lowest BCUT2D eigenvalue weighted by atomic mass is 10.1. The van der Waals surface area contributed by atoms with Crippen molar-refractivity contribution in [2.45, 2.75) is 20.4 Å². The number of carboxylic acid groups (broad SMARTS) is 1. The van der Waals surface area contributed by atoms with Crippen molar-refractivity contribution >= 4 is 35.3 Å². The van der Waals surface area contributed by atoms with E-state index in [0.717, 1.165) is 12.5 Å². The highest BCUT2D eigenvalue weighted by atomic mass is 16.6. The van der Waals surface area contributed by atoms with Gasteiger partial charge < -0.3 is 30.9 Å². The van der Waals surface area contributed by atoms with E-state index in [9.17, 15) is 14.4 Å². The number of ketones is 1. The third-order valence-electron chi connectivity index (χ3n) is 4.40. The summed E-state index contributed by atoms with van der Waals surface area (Å²) in [5.41, 5.74) is 13.0. The number of fused-ring (bicyclic) bond motifs is 1. The number of nitrogens with two attached hydrogens (primary N) is 2. The molecule has 11 heteroatoms. The minimum absolute atomic E-state index is 0.0613. The molecule has 0 spiro atoms. The van der Waals surface area contributed by atoms with E-state index in [1.54, 1.807) is 49.4 Å². The molecule has 1 aliphatic heterocycles. The van der Waals surface area contributed by atoms with Crippen LogP contribution in [0, 0.1) is 0 Å². The minimum Gasteiger partial charge on any atom is -0.482 e. The summed E-state index contributed by atoms with van der Waals surface area (Å²) < 4.78 is 10.1. The number of nitrogens with zero attached hydrogens (tertiary/aromatic N) is 2. The first-order valence-corrected chi connectivity index (χ1v) is 10.2. The standard InChI is InChI=1S/C21H22N4O5.C2H4O2/c1-2-29-19(27)12-30-16-6-3-13(4-7-16)18(26)11-25-10-14-9-15(24-21(22)23)5-8-17(14)20(25)28;1-2(3)4/h3-9H,2,10-12H2,1H3,(H4,22,23,24);1H3,(H,3,4). The number of benzene rings is 2. The normalized spacial score (nSPS) is 11.6. The zero-order valence-corrected chi connectivity index (χ0v) is 18.8. The SMILES string of the molecule is CC(=O)O.CCOC(=O)COc1ccc(C(=O)CN2Cc3cc(N=C(N)N)ccc3C2=O)cc1. The monoisotopic (exact) mass is 470 g/mol. The summed E-state index contributed by atoms with van der Waals surface area (Å²) in [6.07, 6.45) is 0. The second-order valence-corrected chi connectivity index (χ2v) is 7.10. The average molecular weight is 470 g/mol. The number of hydrogen-bond acceptors (Lipinski definition) is 7. The Hall–Kier alpha value is -4.41. The molecular weight excluding hydrogens is 444 g/mol. The van der Waals surface area contributed by atoms with E-state index in [-0.39, 0.29) is 37.4 Å². The van der Waals surface area contributed by atoms with Gasteiger partial charge in [-0.2, -0.15) is 0 Å². The second-order valence-electron chi connectivity index (χ2n) is 7.10. The quantitative estimate of drug-likeness (QED) is 0.223. The first-order valence-electron chi connectivity index (χ1n) is 10.2. The predicted molar refractivity (Wildman–Crippen MR) is 123 cm³/mol. The number of hydrogen-bond donors (Lipinski definition) is 3. The molecule has 2 aromatic carbocycles. The highest BCUT2D eigenvalue weighted by Crippen LogP contribution is 2.27. The smallest absolute Gasteiger partial charge is 0.344 e. The number of carboxylic acids is 1. The van der Waals surface area contributed by atoms with Crippen molar-refractivity contribution < 1.29 is 33.8 Å². The van der Waals surface area contributed by atoms with Crippen LogP contribution in [0.2, 0.25) is 0 Å². The molecule has 0 fully saturated rings. The maximum Gasteiger partial charge on any atom is 0.344 e. The van der Waals surface area contributed by atoms with Gasteiger partial charge in [0.25, 0.3) is 11.9 Å². The number of esters is 1. The molecule has 0 bridgehead atoms. The highest BCUT2D eigenvalue weighted by Gasteiger charge is 2.29. The minimum atomic E-state index is -0.833. The van der Waals surface area contributed by atoms with Crippen LogP contribution in [-0.4, -0.2) is 59.4 Å². The molecule has 0 radical (unpaired) electrons. The van der Waals surface area contributed by atoms with Gasteiger partial charge in [0.05, 0.1) is 18.8 Å². The first-order chi connectivity index (χ1) is 16.1. The van der Waals surface area contributed by atoms with Gasteiger partial charge >= 0.3 is 5.97 Å². The fourth-order valence-corrected chi connectivity index (χ4v) is 3.06. The molecule has 180 valence electrons. The fraction of sp³-hybridized carbons (Fsp3) is 0.261. The molecule has 2 aromatic rings. The van der Waals surface area contributed by atoms with Gasteiger partial charge in [-0.25, -0.2) is 9.79 Å². The molecule has 34 heavy (non-hydrogen) atoms. The molecule has 0 aromatic heterocycles. The number of guanidine groups is 1. The van der Waals surface area contributed by atoms with Crippen LogP contribution in [0.25, 0.3) is 0 Å². The molecule has 1 heterocycles. The van der Waals surface area contributed by atoms with Crippen molar-refractivity contribution in [3.63, 3.8) is 0 Å². The van der Waals surface area contributed by atoms with E-state index in [1.165, 1.54) is 4.90 Å². The topological polar surface area (TPSA) is 175 Å². The molecule has 1 amide bonds. The van der Waals surface area contributed by atoms with Gasteiger partial charge in [-0.3, -0.25) is 14.4 Å². The molecule has 0 saturated carbocycles. The number of aliphatic imine (C=N–C) groups is 1. The average Bonchev–Trinajstić information content (AvgIpc) is 3.06. The van der Waals surface area contributed by atoms with E-state index in [4.69, 9.17) is 30.8 Å². The van der Waals surface area contributed by atoms with Gasteiger partial charge in [0.2, 0.25) is 0 Å². The Morgan fingerprint density at radius 3 is 2.35 bits per heavy atom. The highest BCUT2D eigenvalue weighted by molar-refractivity contribution is 6.04. The number of aliphatic carboxylic acids is 1. The Morgan fingerprint density at radius 2 is 1.76 bits per heavy atom. The molecule has 0 aliphatic carbocycles. The van der Waals surface area contributed by atoms with Crippen molar-refractivity contribution in [3.8, 4) is 5.75 Å². The number of carbonyl (C=O) groups excluding carboxylic acids is 3. The Kier molecular flexibility index (Phi) is 9.12. The predicted octanol–water partition coefficient (Wildman–Crippen LogP) is 1.46. The van der Waals surface area contributed by atoms with Gasteiger partial charge in [0, 0.05) is 24.6 Å². The molecule has 3 rings (SSSR count). The van der Waals surface area contributed by atoms with Gasteiger partial charge in [-0.05, 0) is 55.0 Å². The summed E-state index contributed by atoms with van der Waals surface area (Å²) in [7, 11) is 0. The summed E-state index contributed by atoms with van der Waals surface area (Å²) in [5, 5.41) is 7.42. The van der Waals surface area contributed by atoms with E-state index in [2.05, 4.69) is 4.99 Å². The zero-order chi connectivity index (χ0) is 25.3. The Bertz CT molecular complexity index is 1090. The summed E-state index contributed by atoms with van der Waals surface area (Å²) in [6.45, 7) is 3.11. The molecular formula is C23H26N4O7. The number of amides is 1. The Balaban J connectivity index is 0.000000945. The third-order valence-corrected chi connectivity index (χ3v) is 4.40. The second kappa shape index (κ2) is 12.0. The fourth-order valence-electron chi connectivity index (χ4n) is 3.06. The van der Waals surface area contributed by atoms with Gasteiger partial charge in [-0.1, -0.05) is 0 Å². The molecule has 11 nitrogen and oxygen atoms in total. The number of ether oxygens (including phenoxy) is 2. The summed E-state index contributed by atoms with van der Waals surface area (Å²) in [5.74, 6) is -1.35. The van der Waals surface area contributed by atoms with E-state index in [0.29, 0.717) is 29.1 Å². The summed E-state index contributed by atoms with van der Waals surface area (Å²) in [4.78, 5) is 51.0. The van der Waals surface area contributed by atoms with Crippen molar-refractivity contribution in [3.05, 3.63) is 59.2 Å². The van der Waals surface area contributed by atoms with Gasteiger partial charge in [0.1, 0.15) is 5.75 Å².